The lowest BCUT2D eigenvalue weighted by Gasteiger charge is -2.22. The number of amides is 1. The van der Waals surface area contributed by atoms with Crippen LogP contribution in [0.5, 0.6) is 0 Å². The number of rotatable bonds is 8. The molecule has 0 saturated carbocycles. The summed E-state index contributed by atoms with van der Waals surface area (Å²) in [6.45, 7) is 4.80. The van der Waals surface area contributed by atoms with Crippen molar-refractivity contribution < 1.29 is 18.3 Å². The summed E-state index contributed by atoms with van der Waals surface area (Å²) in [5.74, 6) is 0.469. The van der Waals surface area contributed by atoms with Crippen LogP contribution in [-0.4, -0.2) is 62.6 Å². The molecule has 9 heteroatoms. The Bertz CT molecular complexity index is 778. The molecule has 2 rings (SSSR count). The summed E-state index contributed by atoms with van der Waals surface area (Å²) in [6, 6.07) is 9.03. The van der Waals surface area contributed by atoms with Crippen molar-refractivity contribution in [3.05, 3.63) is 35.9 Å². The van der Waals surface area contributed by atoms with Crippen LogP contribution in [0.15, 0.2) is 35.3 Å². The van der Waals surface area contributed by atoms with Gasteiger partial charge in [-0.1, -0.05) is 30.3 Å². The van der Waals surface area contributed by atoms with Crippen LogP contribution in [0.3, 0.4) is 0 Å². The van der Waals surface area contributed by atoms with Crippen molar-refractivity contribution in [2.45, 2.75) is 38.3 Å². The van der Waals surface area contributed by atoms with Crippen molar-refractivity contribution in [2.24, 2.45) is 4.99 Å². The zero-order valence-electron chi connectivity index (χ0n) is 16.4. The van der Waals surface area contributed by atoms with Crippen molar-refractivity contribution in [1.29, 1.82) is 0 Å². The van der Waals surface area contributed by atoms with E-state index in [0.29, 0.717) is 25.5 Å². The van der Waals surface area contributed by atoms with E-state index in [0.717, 1.165) is 5.56 Å². The SMILES string of the molecule is CCNC(=NCC(C)(O)c1ccccc1)NCCC(=O)NC1CCS(=O)(=O)C1. The van der Waals surface area contributed by atoms with Crippen LogP contribution in [0.4, 0.5) is 0 Å². The number of carbonyl (C=O) groups is 1. The second kappa shape index (κ2) is 9.88. The summed E-state index contributed by atoms with van der Waals surface area (Å²) >= 11 is 0. The number of benzene rings is 1. The first kappa shape index (κ1) is 22.2. The van der Waals surface area contributed by atoms with E-state index in [4.69, 9.17) is 0 Å². The molecule has 1 aliphatic rings. The van der Waals surface area contributed by atoms with E-state index in [1.807, 2.05) is 37.3 Å². The second-order valence-electron chi connectivity index (χ2n) is 7.18. The Kier molecular flexibility index (Phi) is 7.82. The number of nitrogens with one attached hydrogen (secondary N) is 3. The third kappa shape index (κ3) is 7.12. The van der Waals surface area contributed by atoms with E-state index < -0.39 is 15.4 Å². The third-order valence-electron chi connectivity index (χ3n) is 4.53. The van der Waals surface area contributed by atoms with Gasteiger partial charge in [0.1, 0.15) is 5.60 Å². The van der Waals surface area contributed by atoms with E-state index in [1.54, 1.807) is 6.92 Å². The number of aliphatic hydroxyl groups is 1. The van der Waals surface area contributed by atoms with Gasteiger partial charge in [-0.05, 0) is 25.8 Å². The van der Waals surface area contributed by atoms with Crippen LogP contribution in [0.1, 0.15) is 32.3 Å². The van der Waals surface area contributed by atoms with E-state index in [2.05, 4.69) is 20.9 Å². The van der Waals surface area contributed by atoms with Gasteiger partial charge in [-0.15, -0.1) is 0 Å². The predicted octanol–water partition coefficient (Wildman–Crippen LogP) is 0.143. The molecule has 1 aromatic rings. The fraction of sp³-hybridized carbons (Fsp3) is 0.579. The molecule has 0 aromatic heterocycles. The molecular weight excluding hydrogens is 380 g/mol. The number of aliphatic imine (C=N–C) groups is 1. The highest BCUT2D eigenvalue weighted by atomic mass is 32.2. The van der Waals surface area contributed by atoms with Crippen LogP contribution >= 0.6 is 0 Å². The van der Waals surface area contributed by atoms with Crippen molar-refractivity contribution in [3.8, 4) is 0 Å². The van der Waals surface area contributed by atoms with Gasteiger partial charge in [-0.25, -0.2) is 13.4 Å². The normalized spacial score (nSPS) is 21.0. The molecule has 0 bridgehead atoms. The van der Waals surface area contributed by atoms with Crippen LogP contribution in [0.2, 0.25) is 0 Å². The first-order valence-corrected chi connectivity index (χ1v) is 11.3. The largest absolute Gasteiger partial charge is 0.384 e. The number of hydrogen-bond acceptors (Lipinski definition) is 5. The average Bonchev–Trinajstić information content (AvgIpc) is 2.98. The van der Waals surface area contributed by atoms with E-state index in [1.165, 1.54) is 0 Å². The smallest absolute Gasteiger partial charge is 0.222 e. The van der Waals surface area contributed by atoms with Crippen molar-refractivity contribution in [1.82, 2.24) is 16.0 Å². The Morgan fingerprint density at radius 3 is 2.61 bits per heavy atom. The van der Waals surface area contributed by atoms with E-state index in [9.17, 15) is 18.3 Å². The fourth-order valence-corrected chi connectivity index (χ4v) is 4.64. The maximum absolute atomic E-state index is 12.0. The van der Waals surface area contributed by atoms with E-state index >= 15 is 0 Å². The molecular formula is C19H30N4O4S. The Hall–Kier alpha value is -2.13. The zero-order valence-corrected chi connectivity index (χ0v) is 17.3. The van der Waals surface area contributed by atoms with Gasteiger partial charge in [0.15, 0.2) is 15.8 Å². The lowest BCUT2D eigenvalue weighted by Crippen LogP contribution is -2.42. The molecule has 28 heavy (non-hydrogen) atoms. The molecule has 2 atom stereocenters. The van der Waals surface area contributed by atoms with Crippen LogP contribution < -0.4 is 16.0 Å². The molecule has 1 fully saturated rings. The molecule has 1 aromatic carbocycles. The predicted molar refractivity (Wildman–Crippen MR) is 110 cm³/mol. The number of nitrogens with zero attached hydrogens (tertiary/aromatic N) is 1. The topological polar surface area (TPSA) is 120 Å². The summed E-state index contributed by atoms with van der Waals surface area (Å²) < 4.78 is 22.9. The highest BCUT2D eigenvalue weighted by Gasteiger charge is 2.28. The lowest BCUT2D eigenvalue weighted by molar-refractivity contribution is -0.121. The summed E-state index contributed by atoms with van der Waals surface area (Å²) in [4.78, 5) is 16.4. The molecule has 0 radical (unpaired) electrons. The summed E-state index contributed by atoms with van der Waals surface area (Å²) in [6.07, 6.45) is 0.677. The van der Waals surface area contributed by atoms with Gasteiger partial charge in [0.2, 0.25) is 5.91 Å². The molecule has 156 valence electrons. The van der Waals surface area contributed by atoms with Crippen LogP contribution in [0.25, 0.3) is 0 Å². The Labute approximate surface area is 166 Å². The fourth-order valence-electron chi connectivity index (χ4n) is 2.97. The molecule has 1 aliphatic heterocycles. The lowest BCUT2D eigenvalue weighted by atomic mass is 9.96. The monoisotopic (exact) mass is 410 g/mol. The molecule has 4 N–H and O–H groups in total. The first-order chi connectivity index (χ1) is 13.2. The van der Waals surface area contributed by atoms with Gasteiger partial charge in [0.25, 0.3) is 0 Å². The molecule has 0 aliphatic carbocycles. The molecule has 1 amide bonds. The van der Waals surface area contributed by atoms with Gasteiger partial charge in [0.05, 0.1) is 18.1 Å². The maximum Gasteiger partial charge on any atom is 0.222 e. The average molecular weight is 411 g/mol. The van der Waals surface area contributed by atoms with Gasteiger partial charge in [-0.2, -0.15) is 0 Å². The number of hydrogen-bond donors (Lipinski definition) is 4. The highest BCUT2D eigenvalue weighted by molar-refractivity contribution is 7.91. The maximum atomic E-state index is 12.0. The molecule has 1 heterocycles. The molecule has 1 saturated heterocycles. The van der Waals surface area contributed by atoms with Crippen molar-refractivity contribution in [2.75, 3.05) is 31.1 Å². The third-order valence-corrected chi connectivity index (χ3v) is 6.29. The first-order valence-electron chi connectivity index (χ1n) is 9.52. The molecule has 2 unspecified atom stereocenters. The summed E-state index contributed by atoms with van der Waals surface area (Å²) in [5.41, 5.74) is -0.324. The Morgan fingerprint density at radius 2 is 2.00 bits per heavy atom. The van der Waals surface area contributed by atoms with Crippen LogP contribution in [-0.2, 0) is 20.2 Å². The number of sulfone groups is 1. The second-order valence-corrected chi connectivity index (χ2v) is 9.41. The van der Waals surface area contributed by atoms with Crippen molar-refractivity contribution >= 4 is 21.7 Å². The Balaban J connectivity index is 1.82. The minimum absolute atomic E-state index is 0.0187. The quantitative estimate of drug-likeness (QED) is 0.358. The standard InChI is InChI=1S/C19H30N4O4S/c1-3-20-18(22-14-19(2,25)15-7-5-4-6-8-15)21-11-9-17(24)23-16-10-12-28(26,27)13-16/h4-8,16,25H,3,9-14H2,1-2H3,(H,23,24)(H2,20,21,22). The van der Waals surface area contributed by atoms with Gasteiger partial charge < -0.3 is 21.1 Å². The number of guanidine groups is 1. The van der Waals surface area contributed by atoms with Gasteiger partial charge >= 0.3 is 0 Å². The van der Waals surface area contributed by atoms with E-state index in [-0.39, 0.29) is 36.4 Å². The summed E-state index contributed by atoms with van der Waals surface area (Å²) in [5, 5.41) is 19.5. The summed E-state index contributed by atoms with van der Waals surface area (Å²) in [7, 11) is -3.01. The number of carbonyl (C=O) groups excluding carboxylic acids is 1. The van der Waals surface area contributed by atoms with Crippen molar-refractivity contribution in [3.63, 3.8) is 0 Å². The Morgan fingerprint density at radius 1 is 1.29 bits per heavy atom. The minimum Gasteiger partial charge on any atom is -0.384 e. The van der Waals surface area contributed by atoms with Crippen LogP contribution in [0, 0.1) is 0 Å². The molecule has 0 spiro atoms. The molecule has 8 nitrogen and oxygen atoms in total. The minimum atomic E-state index is -3.01. The highest BCUT2D eigenvalue weighted by Crippen LogP contribution is 2.20. The van der Waals surface area contributed by atoms with Gasteiger partial charge in [0, 0.05) is 25.6 Å². The van der Waals surface area contributed by atoms with Gasteiger partial charge in [-0.3, -0.25) is 4.79 Å². The zero-order chi connectivity index (χ0) is 20.6.